The number of hydrogen-bond acceptors (Lipinski definition) is 4. The van der Waals surface area contributed by atoms with E-state index < -0.39 is 10.0 Å². The molecule has 0 aliphatic carbocycles. The minimum Gasteiger partial charge on any atom is -0.280 e. The Kier molecular flexibility index (Phi) is 3.77. The lowest BCUT2D eigenvalue weighted by atomic mass is 10.2. The van der Waals surface area contributed by atoms with Crippen molar-refractivity contribution in [1.82, 2.24) is 9.97 Å². The standard InChI is InChI=1S/C16H15N3O2S/c1-2-12-3-6-14(7-4-12)22(20,21)19-13-5-8-15-16(11-13)18-10-9-17-15/h3-11,19H,2H2,1H3. The van der Waals surface area contributed by atoms with E-state index in [0.717, 1.165) is 17.5 Å². The molecule has 6 heteroatoms. The van der Waals surface area contributed by atoms with E-state index in [4.69, 9.17) is 0 Å². The molecule has 112 valence electrons. The average Bonchev–Trinajstić information content (AvgIpc) is 2.54. The number of nitrogens with one attached hydrogen (secondary N) is 1. The number of fused-ring (bicyclic) bond motifs is 1. The van der Waals surface area contributed by atoms with Gasteiger partial charge >= 0.3 is 0 Å². The first kappa shape index (κ1) is 14.5. The van der Waals surface area contributed by atoms with Crippen molar-refractivity contribution < 1.29 is 8.42 Å². The average molecular weight is 313 g/mol. The molecule has 3 rings (SSSR count). The third-order valence-corrected chi connectivity index (χ3v) is 4.76. The van der Waals surface area contributed by atoms with E-state index in [-0.39, 0.29) is 4.90 Å². The van der Waals surface area contributed by atoms with Crippen LogP contribution in [0.5, 0.6) is 0 Å². The summed E-state index contributed by atoms with van der Waals surface area (Å²) in [6.45, 7) is 2.03. The Morgan fingerprint density at radius 3 is 2.32 bits per heavy atom. The van der Waals surface area contributed by atoms with Gasteiger partial charge < -0.3 is 0 Å². The van der Waals surface area contributed by atoms with E-state index in [1.54, 1.807) is 42.7 Å². The lowest BCUT2D eigenvalue weighted by molar-refractivity contribution is 0.601. The molecule has 1 N–H and O–H groups in total. The van der Waals surface area contributed by atoms with E-state index in [1.807, 2.05) is 19.1 Å². The van der Waals surface area contributed by atoms with Crippen molar-refractivity contribution in [1.29, 1.82) is 0 Å². The van der Waals surface area contributed by atoms with Crippen molar-refractivity contribution in [2.75, 3.05) is 4.72 Å². The first-order valence-corrected chi connectivity index (χ1v) is 8.39. The van der Waals surface area contributed by atoms with Gasteiger partial charge in [-0.15, -0.1) is 0 Å². The van der Waals surface area contributed by atoms with Crippen molar-refractivity contribution in [2.24, 2.45) is 0 Å². The monoisotopic (exact) mass is 313 g/mol. The molecule has 0 aliphatic heterocycles. The first-order valence-electron chi connectivity index (χ1n) is 6.91. The maximum atomic E-state index is 12.4. The summed E-state index contributed by atoms with van der Waals surface area (Å²) in [7, 11) is -3.61. The van der Waals surface area contributed by atoms with Gasteiger partial charge in [0.05, 0.1) is 21.6 Å². The maximum absolute atomic E-state index is 12.4. The lowest BCUT2D eigenvalue weighted by Gasteiger charge is -2.09. The summed E-state index contributed by atoms with van der Waals surface area (Å²) in [5.74, 6) is 0. The van der Waals surface area contributed by atoms with E-state index in [1.165, 1.54) is 0 Å². The lowest BCUT2D eigenvalue weighted by Crippen LogP contribution is -2.13. The van der Waals surface area contributed by atoms with E-state index in [0.29, 0.717) is 11.2 Å². The van der Waals surface area contributed by atoms with Crippen LogP contribution in [0.4, 0.5) is 5.69 Å². The second kappa shape index (κ2) is 5.73. The number of anilines is 1. The molecule has 0 radical (unpaired) electrons. The van der Waals surface area contributed by atoms with Gasteiger partial charge in [0, 0.05) is 12.4 Å². The molecule has 0 amide bonds. The predicted octanol–water partition coefficient (Wildman–Crippen LogP) is 2.99. The molecule has 0 saturated heterocycles. The topological polar surface area (TPSA) is 72.0 Å². The molecule has 0 atom stereocenters. The summed E-state index contributed by atoms with van der Waals surface area (Å²) in [4.78, 5) is 8.57. The fraction of sp³-hybridized carbons (Fsp3) is 0.125. The van der Waals surface area contributed by atoms with Crippen molar-refractivity contribution in [3.8, 4) is 0 Å². The van der Waals surface area contributed by atoms with Crippen LogP contribution in [-0.2, 0) is 16.4 Å². The molecule has 1 aromatic heterocycles. The number of nitrogens with zero attached hydrogens (tertiary/aromatic N) is 2. The van der Waals surface area contributed by atoms with Crippen LogP contribution in [0.25, 0.3) is 11.0 Å². The zero-order valence-corrected chi connectivity index (χ0v) is 12.8. The number of rotatable bonds is 4. The fourth-order valence-electron chi connectivity index (χ4n) is 2.15. The molecular weight excluding hydrogens is 298 g/mol. The van der Waals surface area contributed by atoms with Gasteiger partial charge in [-0.25, -0.2) is 8.42 Å². The molecular formula is C16H15N3O2S. The van der Waals surface area contributed by atoms with E-state index in [2.05, 4.69) is 14.7 Å². The van der Waals surface area contributed by atoms with Gasteiger partial charge in [-0.05, 0) is 42.3 Å². The molecule has 1 heterocycles. The Morgan fingerprint density at radius 1 is 0.955 bits per heavy atom. The first-order chi connectivity index (χ1) is 10.6. The van der Waals surface area contributed by atoms with Crippen LogP contribution in [0.1, 0.15) is 12.5 Å². The second-order valence-corrected chi connectivity index (χ2v) is 6.55. The molecule has 5 nitrogen and oxygen atoms in total. The van der Waals surface area contributed by atoms with Gasteiger partial charge in [0.2, 0.25) is 0 Å². The van der Waals surface area contributed by atoms with Crippen LogP contribution in [-0.4, -0.2) is 18.4 Å². The molecule has 0 spiro atoms. The highest BCUT2D eigenvalue weighted by Crippen LogP contribution is 2.19. The Hall–Kier alpha value is -2.47. The zero-order chi connectivity index (χ0) is 15.6. The Balaban J connectivity index is 1.91. The summed E-state index contributed by atoms with van der Waals surface area (Å²) in [5.41, 5.74) is 2.93. The van der Waals surface area contributed by atoms with E-state index in [9.17, 15) is 8.42 Å². The molecule has 0 fully saturated rings. The van der Waals surface area contributed by atoms with Crippen LogP contribution in [0.3, 0.4) is 0 Å². The zero-order valence-electron chi connectivity index (χ0n) is 12.0. The van der Waals surface area contributed by atoms with Crippen LogP contribution < -0.4 is 4.72 Å². The Morgan fingerprint density at radius 2 is 1.64 bits per heavy atom. The maximum Gasteiger partial charge on any atom is 0.261 e. The Bertz CT molecular complexity index is 906. The van der Waals surface area contributed by atoms with Crippen molar-refractivity contribution in [3.05, 3.63) is 60.4 Å². The molecule has 0 unspecified atom stereocenters. The summed E-state index contributed by atoms with van der Waals surface area (Å²) in [6, 6.07) is 11.9. The summed E-state index contributed by atoms with van der Waals surface area (Å²) in [6.07, 6.45) is 4.04. The molecule has 0 saturated carbocycles. The molecule has 2 aromatic carbocycles. The second-order valence-electron chi connectivity index (χ2n) is 4.86. The fourth-order valence-corrected chi connectivity index (χ4v) is 3.19. The highest BCUT2D eigenvalue weighted by molar-refractivity contribution is 7.92. The van der Waals surface area contributed by atoms with Crippen LogP contribution in [0.2, 0.25) is 0 Å². The predicted molar refractivity (Wildman–Crippen MR) is 86.2 cm³/mol. The number of hydrogen-bond donors (Lipinski definition) is 1. The smallest absolute Gasteiger partial charge is 0.261 e. The largest absolute Gasteiger partial charge is 0.280 e. The molecule has 22 heavy (non-hydrogen) atoms. The molecule has 0 bridgehead atoms. The van der Waals surface area contributed by atoms with Crippen LogP contribution >= 0.6 is 0 Å². The molecule has 3 aromatic rings. The number of aromatic nitrogens is 2. The SMILES string of the molecule is CCc1ccc(S(=O)(=O)Nc2ccc3nccnc3c2)cc1. The van der Waals surface area contributed by atoms with Gasteiger partial charge in [0.15, 0.2) is 0 Å². The van der Waals surface area contributed by atoms with Crippen LogP contribution in [0, 0.1) is 0 Å². The number of sulfonamides is 1. The summed E-state index contributed by atoms with van der Waals surface area (Å²) >= 11 is 0. The van der Waals surface area contributed by atoms with Gasteiger partial charge in [0.25, 0.3) is 10.0 Å². The quantitative estimate of drug-likeness (QED) is 0.803. The number of benzene rings is 2. The minimum atomic E-state index is -3.61. The minimum absolute atomic E-state index is 0.240. The third-order valence-electron chi connectivity index (χ3n) is 3.36. The van der Waals surface area contributed by atoms with Crippen molar-refractivity contribution in [3.63, 3.8) is 0 Å². The summed E-state index contributed by atoms with van der Waals surface area (Å²) in [5, 5.41) is 0. The van der Waals surface area contributed by atoms with Gasteiger partial charge in [0.1, 0.15) is 0 Å². The Labute approximate surface area is 129 Å². The van der Waals surface area contributed by atoms with Crippen molar-refractivity contribution in [2.45, 2.75) is 18.2 Å². The summed E-state index contributed by atoms with van der Waals surface area (Å²) < 4.78 is 27.3. The van der Waals surface area contributed by atoms with Gasteiger partial charge in [-0.1, -0.05) is 19.1 Å². The van der Waals surface area contributed by atoms with Gasteiger partial charge in [-0.3, -0.25) is 14.7 Å². The highest BCUT2D eigenvalue weighted by atomic mass is 32.2. The van der Waals surface area contributed by atoms with E-state index >= 15 is 0 Å². The highest BCUT2D eigenvalue weighted by Gasteiger charge is 2.14. The normalized spacial score (nSPS) is 11.5. The van der Waals surface area contributed by atoms with Crippen LogP contribution in [0.15, 0.2) is 59.8 Å². The van der Waals surface area contributed by atoms with Crippen molar-refractivity contribution >= 4 is 26.7 Å². The van der Waals surface area contributed by atoms with Gasteiger partial charge in [-0.2, -0.15) is 0 Å². The number of aryl methyl sites for hydroxylation is 1. The molecule has 0 aliphatic rings. The third kappa shape index (κ3) is 2.92.